The Bertz CT molecular complexity index is 3240. The van der Waals surface area contributed by atoms with E-state index in [4.69, 9.17) is 14.6 Å². The second-order valence-electron chi connectivity index (χ2n) is 12.8. The number of aliphatic imine (C=N–C) groups is 3. The van der Waals surface area contributed by atoms with E-state index in [0.717, 1.165) is 47.2 Å². The number of halogens is 6. The van der Waals surface area contributed by atoms with Gasteiger partial charge >= 0.3 is 7.19 Å². The summed E-state index contributed by atoms with van der Waals surface area (Å²) < 4.78 is 99.8. The summed E-state index contributed by atoms with van der Waals surface area (Å²) in [6.07, 6.45) is 0. The Morgan fingerprint density at radius 2 is 1.04 bits per heavy atom. The van der Waals surface area contributed by atoms with Gasteiger partial charge in [-0.2, -0.15) is 4.99 Å². The van der Waals surface area contributed by atoms with Gasteiger partial charge in [0.15, 0.2) is 46.6 Å². The molecule has 0 atom stereocenters. The van der Waals surface area contributed by atoms with Crippen LogP contribution >= 0.6 is 0 Å². The summed E-state index contributed by atoms with van der Waals surface area (Å²) in [7, 11) is -1.35. The Hall–Kier alpha value is -6.92. The van der Waals surface area contributed by atoms with Gasteiger partial charge in [0.05, 0.1) is 0 Å². The predicted molar refractivity (Wildman–Crippen MR) is 188 cm³/mol. The Balaban J connectivity index is 1.36. The first-order chi connectivity index (χ1) is 25.7. The Morgan fingerprint density at radius 3 is 1.68 bits per heavy atom. The van der Waals surface area contributed by atoms with Crippen molar-refractivity contribution in [2.24, 2.45) is 20.0 Å². The minimum absolute atomic E-state index is 0.0310. The van der Waals surface area contributed by atoms with Crippen LogP contribution < -0.4 is 15.5 Å². The second kappa shape index (κ2) is 10.3. The van der Waals surface area contributed by atoms with Gasteiger partial charge in [-0.15, -0.1) is 0 Å². The van der Waals surface area contributed by atoms with E-state index >= 15 is 17.6 Å². The first-order valence-electron chi connectivity index (χ1n) is 16.2. The molecule has 3 aliphatic rings. The van der Waals surface area contributed by atoms with E-state index in [1.165, 1.54) is 8.96 Å². The summed E-state index contributed by atoms with van der Waals surface area (Å²) >= 11 is 0. The predicted octanol–water partition coefficient (Wildman–Crippen LogP) is 7.66. The van der Waals surface area contributed by atoms with Gasteiger partial charge in [0.1, 0.15) is 28.2 Å². The molecule has 0 unspecified atom stereocenters. The smallest absolute Gasteiger partial charge is 0.521 e. The molecule has 5 heterocycles. The number of nitrogens with zero attached hydrogens (tertiary/aromatic N) is 6. The molecule has 2 aromatic heterocycles. The fourth-order valence-electron chi connectivity index (χ4n) is 7.49. The zero-order valence-corrected chi connectivity index (χ0v) is 26.6. The van der Waals surface area contributed by atoms with Crippen LogP contribution in [0, 0.1) is 34.9 Å². The molecule has 4 bridgehead atoms. The first-order valence-corrected chi connectivity index (χ1v) is 16.2. The number of rotatable bonds is 2. The lowest BCUT2D eigenvalue weighted by molar-refractivity contribution is 0.508. The summed E-state index contributed by atoms with van der Waals surface area (Å²) in [5, 5.41) is 3.61. The standard InChI is InChI=1S/C39H15BF6N6O/c41-27-10-21-24(13-30(27)44)38-50-39-26-15-32(46)31(45)14-25(26)37-49-36-23-12-29(43)28(42)11-22(23)35(48-36)47-16-33(21)51(38)40(52(37)39)53-34-19-7-3-1-5-17(19)9-18-6-2-4-8-20(18)34/h1-15H. The zero-order valence-electron chi connectivity index (χ0n) is 26.6. The maximum absolute atomic E-state index is 15.1. The van der Waals surface area contributed by atoms with E-state index in [0.29, 0.717) is 16.5 Å². The highest BCUT2D eigenvalue weighted by atomic mass is 19.2. The van der Waals surface area contributed by atoms with Gasteiger partial charge in [-0.25, -0.2) is 41.3 Å². The normalized spacial score (nSPS) is 14.0. The third-order valence-corrected chi connectivity index (χ3v) is 9.86. The van der Waals surface area contributed by atoms with E-state index in [2.05, 4.69) is 15.9 Å². The van der Waals surface area contributed by atoms with E-state index in [1.807, 2.05) is 54.6 Å². The second-order valence-corrected chi connectivity index (χ2v) is 12.8. The molecule has 14 heteroatoms. The molecule has 0 amide bonds. The molecule has 6 aromatic carbocycles. The van der Waals surface area contributed by atoms with Crippen molar-refractivity contribution < 1.29 is 31.0 Å². The Labute approximate surface area is 292 Å². The molecule has 0 radical (unpaired) electrons. The van der Waals surface area contributed by atoms with Gasteiger partial charge in [0, 0.05) is 49.3 Å². The lowest BCUT2D eigenvalue weighted by Gasteiger charge is -2.24. The molecular formula is C39H15BF6N6O. The van der Waals surface area contributed by atoms with Crippen LogP contribution in [0.2, 0.25) is 0 Å². The third kappa shape index (κ3) is 4.03. The molecule has 0 fully saturated rings. The molecule has 0 saturated carbocycles. The van der Waals surface area contributed by atoms with Crippen LogP contribution in [0.4, 0.5) is 38.0 Å². The van der Waals surface area contributed by atoms with E-state index < -0.39 is 42.1 Å². The largest absolute Gasteiger partial charge is 0.632 e. The molecule has 252 valence electrons. The summed E-state index contributed by atoms with van der Waals surface area (Å²) in [6, 6.07) is 22.8. The SMILES string of the molecule is Fc1cc2c(cc1F)C1=Nc3c4cc(F)c(F)cc4c4n3B(Oc3c5ccccc5cc5ccccc35)n3c(c5cc(F)c(F)cc5c3=N4)=C=NC2=N1. The van der Waals surface area contributed by atoms with Crippen LogP contribution in [0.25, 0.3) is 43.1 Å². The summed E-state index contributed by atoms with van der Waals surface area (Å²) in [6.45, 7) is 0. The highest BCUT2D eigenvalue weighted by molar-refractivity contribution is 6.53. The quantitative estimate of drug-likeness (QED) is 0.103. The molecular weight excluding hydrogens is 693 g/mol. The Kier molecular flexibility index (Phi) is 5.81. The fraction of sp³-hybridized carbons (Fsp3) is 0. The van der Waals surface area contributed by atoms with Crippen molar-refractivity contribution in [3.63, 3.8) is 0 Å². The van der Waals surface area contributed by atoms with Crippen LogP contribution in [-0.2, 0) is 0 Å². The van der Waals surface area contributed by atoms with Gasteiger partial charge in [-0.05, 0) is 53.2 Å². The van der Waals surface area contributed by atoms with E-state index in [1.54, 1.807) is 0 Å². The third-order valence-electron chi connectivity index (χ3n) is 9.86. The number of hydrogen-bond donors (Lipinski definition) is 0. The number of hydrogen-bond acceptors (Lipinski definition) is 5. The molecule has 7 nitrogen and oxygen atoms in total. The van der Waals surface area contributed by atoms with Crippen molar-refractivity contribution in [2.75, 3.05) is 0 Å². The maximum Gasteiger partial charge on any atom is 0.632 e. The molecule has 0 saturated heterocycles. The van der Waals surface area contributed by atoms with Gasteiger partial charge in [-0.3, -0.25) is 4.48 Å². The van der Waals surface area contributed by atoms with Gasteiger partial charge < -0.3 is 9.13 Å². The van der Waals surface area contributed by atoms with Gasteiger partial charge in [0.25, 0.3) is 0 Å². The number of aromatic nitrogens is 2. The Morgan fingerprint density at radius 1 is 0.509 bits per heavy atom. The monoisotopic (exact) mass is 708 g/mol. The van der Waals surface area contributed by atoms with Crippen LogP contribution in [0.3, 0.4) is 0 Å². The van der Waals surface area contributed by atoms with Crippen molar-refractivity contribution in [3.05, 3.63) is 148 Å². The van der Waals surface area contributed by atoms with Crippen molar-refractivity contribution in [3.8, 4) is 5.75 Å². The summed E-state index contributed by atoms with van der Waals surface area (Å²) in [5.74, 6) is -3.95. The van der Waals surface area contributed by atoms with E-state index in [-0.39, 0.29) is 66.8 Å². The molecule has 0 spiro atoms. The van der Waals surface area contributed by atoms with Crippen molar-refractivity contribution in [2.45, 2.75) is 0 Å². The lowest BCUT2D eigenvalue weighted by Crippen LogP contribution is -2.52. The number of fused-ring (bicyclic) bond motifs is 12. The van der Waals surface area contributed by atoms with Crippen LogP contribution in [-0.4, -0.2) is 33.7 Å². The minimum atomic E-state index is -1.35. The molecule has 11 rings (SSSR count). The highest BCUT2D eigenvalue weighted by Gasteiger charge is 2.40. The first kappa shape index (κ1) is 29.8. The van der Waals surface area contributed by atoms with Crippen molar-refractivity contribution >= 4 is 79.5 Å². The van der Waals surface area contributed by atoms with Crippen LogP contribution in [0.15, 0.2) is 111 Å². The minimum Gasteiger partial charge on any atom is -0.521 e. The van der Waals surface area contributed by atoms with E-state index in [9.17, 15) is 8.78 Å². The highest BCUT2D eigenvalue weighted by Crippen LogP contribution is 2.43. The molecule has 0 aliphatic carbocycles. The van der Waals surface area contributed by atoms with Crippen molar-refractivity contribution in [1.82, 2.24) is 8.96 Å². The molecule has 8 aromatic rings. The summed E-state index contributed by atoms with van der Waals surface area (Å²) in [5.41, 5.74) is 0.213. The maximum atomic E-state index is 15.1. The van der Waals surface area contributed by atoms with Crippen molar-refractivity contribution in [1.29, 1.82) is 0 Å². The number of benzene rings is 6. The van der Waals surface area contributed by atoms with Crippen LogP contribution in [0.1, 0.15) is 11.1 Å². The average molecular weight is 708 g/mol. The molecule has 0 N–H and O–H groups in total. The topological polar surface area (TPSA) is 68.5 Å². The zero-order chi connectivity index (χ0) is 35.9. The molecule has 53 heavy (non-hydrogen) atoms. The summed E-state index contributed by atoms with van der Waals surface area (Å²) in [4.78, 5) is 18.6. The molecule has 3 aliphatic heterocycles. The van der Waals surface area contributed by atoms with Crippen LogP contribution in [0.5, 0.6) is 5.75 Å². The number of amidine groups is 2. The van der Waals surface area contributed by atoms with Gasteiger partial charge in [-0.1, -0.05) is 48.5 Å². The van der Waals surface area contributed by atoms with Gasteiger partial charge in [0.2, 0.25) is 0 Å². The lowest BCUT2D eigenvalue weighted by atomic mass is 9.95. The fourth-order valence-corrected chi connectivity index (χ4v) is 7.49. The average Bonchev–Trinajstić information content (AvgIpc) is 3.73.